The molecule has 3 fully saturated rings. The van der Waals surface area contributed by atoms with E-state index in [-0.39, 0.29) is 37.0 Å². The summed E-state index contributed by atoms with van der Waals surface area (Å²) in [5.74, 6) is 0. The smallest absolute Gasteiger partial charge is 0.186 e. The van der Waals surface area contributed by atoms with Gasteiger partial charge in [-0.25, -0.2) is 0 Å². The van der Waals surface area contributed by atoms with Crippen LogP contribution in [0.4, 0.5) is 0 Å². The van der Waals surface area contributed by atoms with Crippen molar-refractivity contribution in [3.63, 3.8) is 0 Å². The fraction of sp³-hybridized carbons (Fsp3) is 0.571. The van der Waals surface area contributed by atoms with Gasteiger partial charge in [-0.1, -0.05) is 30.3 Å². The Bertz CT molecular complexity index is 450. The van der Waals surface area contributed by atoms with Gasteiger partial charge in [0, 0.05) is 12.7 Å². The van der Waals surface area contributed by atoms with E-state index in [1.54, 1.807) is 7.11 Å². The summed E-state index contributed by atoms with van der Waals surface area (Å²) >= 11 is 0. The maximum absolute atomic E-state index is 6.00. The Morgan fingerprint density at radius 3 is 2.63 bits per heavy atom. The lowest BCUT2D eigenvalue weighted by Crippen LogP contribution is -2.52. The first-order valence-electron chi connectivity index (χ1n) is 6.52. The van der Waals surface area contributed by atoms with Crippen molar-refractivity contribution in [1.29, 1.82) is 0 Å². The average Bonchev–Trinajstić information content (AvgIpc) is 3.27. The predicted octanol–water partition coefficient (Wildman–Crippen LogP) is 1.24. The Labute approximate surface area is 111 Å². The molecule has 1 aromatic carbocycles. The maximum atomic E-state index is 6.00. The lowest BCUT2D eigenvalue weighted by molar-refractivity contribution is -0.304. The molecule has 0 N–H and O–H groups in total. The van der Waals surface area contributed by atoms with Gasteiger partial charge in [-0.3, -0.25) is 0 Å². The van der Waals surface area contributed by atoms with Gasteiger partial charge in [-0.2, -0.15) is 0 Å². The number of epoxide rings is 1. The van der Waals surface area contributed by atoms with Crippen molar-refractivity contribution < 1.29 is 23.7 Å². The van der Waals surface area contributed by atoms with Crippen LogP contribution >= 0.6 is 0 Å². The van der Waals surface area contributed by atoms with Crippen LogP contribution in [0.2, 0.25) is 0 Å². The summed E-state index contributed by atoms with van der Waals surface area (Å²) in [6.07, 6.45) is -0.759. The number of methoxy groups -OCH3 is 1. The van der Waals surface area contributed by atoms with E-state index >= 15 is 0 Å². The molecule has 0 spiro atoms. The van der Waals surface area contributed by atoms with Crippen LogP contribution in [0.25, 0.3) is 0 Å². The zero-order chi connectivity index (χ0) is 12.8. The van der Waals surface area contributed by atoms with Gasteiger partial charge < -0.3 is 23.7 Å². The van der Waals surface area contributed by atoms with Crippen LogP contribution in [0.5, 0.6) is 0 Å². The molecule has 19 heavy (non-hydrogen) atoms. The number of hydrogen-bond donors (Lipinski definition) is 0. The highest BCUT2D eigenvalue weighted by Gasteiger charge is 2.60. The molecule has 0 radical (unpaired) electrons. The van der Waals surface area contributed by atoms with Crippen molar-refractivity contribution in [2.45, 2.75) is 37.0 Å². The van der Waals surface area contributed by atoms with Gasteiger partial charge in [0.25, 0.3) is 0 Å². The zero-order valence-corrected chi connectivity index (χ0v) is 10.6. The summed E-state index contributed by atoms with van der Waals surface area (Å²) < 4.78 is 28.4. The fourth-order valence-corrected chi connectivity index (χ4v) is 2.80. The van der Waals surface area contributed by atoms with Gasteiger partial charge in [-0.15, -0.1) is 0 Å². The van der Waals surface area contributed by atoms with Crippen LogP contribution in [-0.2, 0) is 23.7 Å². The van der Waals surface area contributed by atoms with Gasteiger partial charge in [0.05, 0.1) is 6.61 Å². The Hall–Kier alpha value is -0.980. The topological polar surface area (TPSA) is 49.5 Å². The number of benzene rings is 1. The quantitative estimate of drug-likeness (QED) is 0.752. The van der Waals surface area contributed by atoms with E-state index in [9.17, 15) is 0 Å². The molecule has 5 heteroatoms. The Morgan fingerprint density at radius 2 is 1.84 bits per heavy atom. The molecule has 0 aromatic heterocycles. The molecule has 1 unspecified atom stereocenters. The number of hydrogen-bond acceptors (Lipinski definition) is 5. The van der Waals surface area contributed by atoms with Crippen LogP contribution in [-0.4, -0.2) is 44.4 Å². The second kappa shape index (κ2) is 4.54. The van der Waals surface area contributed by atoms with Crippen LogP contribution in [0.3, 0.4) is 0 Å². The minimum atomic E-state index is -0.338. The standard InChI is InChI=1S/C14H16O5/c1-15-14-12-11(18-12)10-9(17-14)7-16-13(19-10)8-5-3-2-4-6-8/h2-6,9-14H,7H2,1H3/t9-,10-,11+,12?,13-,14+/m1/s1. The van der Waals surface area contributed by atoms with Crippen molar-refractivity contribution in [1.82, 2.24) is 0 Å². The highest BCUT2D eigenvalue weighted by atomic mass is 16.8. The third kappa shape index (κ3) is 1.98. The first-order valence-corrected chi connectivity index (χ1v) is 6.52. The van der Waals surface area contributed by atoms with Gasteiger partial charge >= 0.3 is 0 Å². The van der Waals surface area contributed by atoms with E-state index in [0.717, 1.165) is 5.56 Å². The van der Waals surface area contributed by atoms with Crippen molar-refractivity contribution in [3.8, 4) is 0 Å². The Balaban J connectivity index is 1.50. The molecular weight excluding hydrogens is 248 g/mol. The van der Waals surface area contributed by atoms with Crippen LogP contribution in [0.1, 0.15) is 11.9 Å². The molecule has 5 nitrogen and oxygen atoms in total. The first kappa shape index (κ1) is 11.8. The normalized spacial score (nSPS) is 44.3. The molecule has 6 atom stereocenters. The second-order valence-corrected chi connectivity index (χ2v) is 5.02. The lowest BCUT2D eigenvalue weighted by Gasteiger charge is -2.39. The maximum Gasteiger partial charge on any atom is 0.186 e. The van der Waals surface area contributed by atoms with E-state index in [1.807, 2.05) is 30.3 Å². The fourth-order valence-electron chi connectivity index (χ4n) is 2.80. The molecule has 102 valence electrons. The van der Waals surface area contributed by atoms with Crippen LogP contribution in [0, 0.1) is 0 Å². The molecule has 3 aliphatic rings. The second-order valence-electron chi connectivity index (χ2n) is 5.02. The van der Waals surface area contributed by atoms with Crippen molar-refractivity contribution in [2.24, 2.45) is 0 Å². The minimum absolute atomic E-state index is 0.000716. The van der Waals surface area contributed by atoms with E-state index in [2.05, 4.69) is 0 Å². The number of ether oxygens (including phenoxy) is 5. The van der Waals surface area contributed by atoms with Gasteiger partial charge in [0.15, 0.2) is 12.6 Å². The molecule has 0 aliphatic carbocycles. The van der Waals surface area contributed by atoms with E-state index in [4.69, 9.17) is 23.7 Å². The SMILES string of the molecule is CO[C@H]1O[C@@H]2CO[C@@H](c3ccccc3)O[C@H]2[C@@H]2OC12. The molecule has 4 rings (SSSR count). The highest BCUT2D eigenvalue weighted by molar-refractivity contribution is 5.17. The summed E-state index contributed by atoms with van der Waals surface area (Å²) in [5, 5.41) is 0. The zero-order valence-electron chi connectivity index (χ0n) is 10.6. The highest BCUT2D eigenvalue weighted by Crippen LogP contribution is 2.43. The van der Waals surface area contributed by atoms with Gasteiger partial charge in [0.1, 0.15) is 24.4 Å². The molecule has 3 aliphatic heterocycles. The molecule has 0 amide bonds. The Morgan fingerprint density at radius 1 is 1.00 bits per heavy atom. The van der Waals surface area contributed by atoms with Crippen molar-refractivity contribution >= 4 is 0 Å². The molecule has 0 bridgehead atoms. The van der Waals surface area contributed by atoms with Crippen LogP contribution < -0.4 is 0 Å². The summed E-state index contributed by atoms with van der Waals surface area (Å²) in [6, 6.07) is 9.92. The van der Waals surface area contributed by atoms with Crippen LogP contribution in [0.15, 0.2) is 30.3 Å². The summed E-state index contributed by atoms with van der Waals surface area (Å²) in [4.78, 5) is 0. The Kier molecular flexibility index (Phi) is 2.82. The summed E-state index contributed by atoms with van der Waals surface area (Å²) in [5.41, 5.74) is 1.02. The van der Waals surface area contributed by atoms with Gasteiger partial charge in [-0.05, 0) is 0 Å². The predicted molar refractivity (Wildman–Crippen MR) is 64.3 cm³/mol. The van der Waals surface area contributed by atoms with E-state index in [0.29, 0.717) is 6.61 Å². The number of fused-ring (bicyclic) bond motifs is 3. The van der Waals surface area contributed by atoms with E-state index < -0.39 is 0 Å². The largest absolute Gasteiger partial charge is 0.361 e. The van der Waals surface area contributed by atoms with Crippen molar-refractivity contribution in [3.05, 3.63) is 35.9 Å². The average molecular weight is 264 g/mol. The molecule has 0 saturated carbocycles. The monoisotopic (exact) mass is 264 g/mol. The van der Waals surface area contributed by atoms with Gasteiger partial charge in [0.2, 0.25) is 0 Å². The minimum Gasteiger partial charge on any atom is -0.361 e. The summed E-state index contributed by atoms with van der Waals surface area (Å²) in [6.45, 7) is 0.497. The third-order valence-electron chi connectivity index (χ3n) is 3.83. The molecule has 3 saturated heterocycles. The number of rotatable bonds is 2. The molecule has 3 heterocycles. The third-order valence-corrected chi connectivity index (χ3v) is 3.83. The summed E-state index contributed by atoms with van der Waals surface area (Å²) in [7, 11) is 1.63. The molecular formula is C14H16O5. The molecule has 1 aromatic rings. The van der Waals surface area contributed by atoms with Crippen molar-refractivity contribution in [2.75, 3.05) is 13.7 Å². The van der Waals surface area contributed by atoms with E-state index in [1.165, 1.54) is 0 Å². The lowest BCUT2D eigenvalue weighted by atomic mass is 10.0. The first-order chi connectivity index (χ1) is 9.36.